The number of para-hydroxylation sites is 1. The van der Waals surface area contributed by atoms with Crippen molar-refractivity contribution in [3.63, 3.8) is 0 Å². The summed E-state index contributed by atoms with van der Waals surface area (Å²) in [5.74, 6) is 0.112. The SMILES string of the molecule is CCOC(=O)c1cnc(Nc2ccccc2CN2CCCC2)c(Cl)c1. The Kier molecular flexibility index (Phi) is 5.89. The van der Waals surface area contributed by atoms with Gasteiger partial charge in [-0.05, 0) is 50.6 Å². The zero-order chi connectivity index (χ0) is 17.6. The third kappa shape index (κ3) is 4.50. The lowest BCUT2D eigenvalue weighted by Crippen LogP contribution is -2.19. The van der Waals surface area contributed by atoms with Crippen LogP contribution in [0.15, 0.2) is 36.5 Å². The number of likely N-dealkylation sites (tertiary alicyclic amines) is 1. The smallest absolute Gasteiger partial charge is 0.339 e. The van der Waals surface area contributed by atoms with Gasteiger partial charge in [0.1, 0.15) is 5.82 Å². The number of esters is 1. The molecule has 0 amide bonds. The first-order chi connectivity index (χ1) is 12.2. The zero-order valence-electron chi connectivity index (χ0n) is 14.3. The van der Waals surface area contributed by atoms with E-state index in [1.807, 2.05) is 18.2 Å². The van der Waals surface area contributed by atoms with Crippen LogP contribution in [0.25, 0.3) is 0 Å². The van der Waals surface area contributed by atoms with Crippen molar-refractivity contribution in [2.75, 3.05) is 25.0 Å². The first kappa shape index (κ1) is 17.7. The summed E-state index contributed by atoms with van der Waals surface area (Å²) in [6.07, 6.45) is 4.01. The third-order valence-electron chi connectivity index (χ3n) is 4.22. The van der Waals surface area contributed by atoms with Crippen LogP contribution >= 0.6 is 11.6 Å². The zero-order valence-corrected chi connectivity index (χ0v) is 15.1. The van der Waals surface area contributed by atoms with Gasteiger partial charge in [-0.2, -0.15) is 0 Å². The largest absolute Gasteiger partial charge is 0.462 e. The number of nitrogens with zero attached hydrogens (tertiary/aromatic N) is 2. The Morgan fingerprint density at radius 2 is 2.08 bits per heavy atom. The number of carbonyl (C=O) groups excluding carboxylic acids is 1. The standard InChI is InChI=1S/C19H22ClN3O2/c1-2-25-19(24)15-11-16(20)18(21-12-15)22-17-8-4-3-7-14(17)13-23-9-5-6-10-23/h3-4,7-8,11-12H,2,5-6,9-10,13H2,1H3,(H,21,22). The number of hydrogen-bond donors (Lipinski definition) is 1. The fourth-order valence-corrected chi connectivity index (χ4v) is 3.16. The lowest BCUT2D eigenvalue weighted by atomic mass is 10.1. The number of pyridine rings is 1. The molecule has 132 valence electrons. The number of benzene rings is 1. The summed E-state index contributed by atoms with van der Waals surface area (Å²) in [6, 6.07) is 9.73. The van der Waals surface area contributed by atoms with Gasteiger partial charge in [0.25, 0.3) is 0 Å². The van der Waals surface area contributed by atoms with E-state index in [0.29, 0.717) is 23.0 Å². The van der Waals surface area contributed by atoms with Gasteiger partial charge in [-0.15, -0.1) is 0 Å². The van der Waals surface area contributed by atoms with Crippen molar-refractivity contribution in [2.24, 2.45) is 0 Å². The lowest BCUT2D eigenvalue weighted by molar-refractivity contribution is 0.0526. The number of rotatable bonds is 6. The predicted molar refractivity (Wildman–Crippen MR) is 99.4 cm³/mol. The minimum absolute atomic E-state index is 0.320. The van der Waals surface area contributed by atoms with E-state index in [4.69, 9.17) is 16.3 Å². The number of ether oxygens (including phenoxy) is 1. The van der Waals surface area contributed by atoms with Crippen molar-refractivity contribution in [2.45, 2.75) is 26.3 Å². The third-order valence-corrected chi connectivity index (χ3v) is 4.50. The van der Waals surface area contributed by atoms with Crippen LogP contribution in [0.2, 0.25) is 5.02 Å². The van der Waals surface area contributed by atoms with Crippen LogP contribution in [-0.2, 0) is 11.3 Å². The van der Waals surface area contributed by atoms with Crippen molar-refractivity contribution < 1.29 is 9.53 Å². The van der Waals surface area contributed by atoms with Gasteiger partial charge < -0.3 is 10.1 Å². The Hall–Kier alpha value is -2.11. The van der Waals surface area contributed by atoms with Crippen LogP contribution in [0.5, 0.6) is 0 Å². The van der Waals surface area contributed by atoms with Gasteiger partial charge in [0.05, 0.1) is 17.2 Å². The Balaban J connectivity index is 1.77. The first-order valence-corrected chi connectivity index (χ1v) is 8.95. The summed E-state index contributed by atoms with van der Waals surface area (Å²) in [6.45, 7) is 5.27. The van der Waals surface area contributed by atoms with Crippen LogP contribution in [0, 0.1) is 0 Å². The normalized spacial score (nSPS) is 14.5. The maximum absolute atomic E-state index is 11.8. The Labute approximate surface area is 153 Å². The molecule has 25 heavy (non-hydrogen) atoms. The van der Waals surface area contributed by atoms with Crippen molar-refractivity contribution in [1.29, 1.82) is 0 Å². The van der Waals surface area contributed by atoms with Crippen molar-refractivity contribution in [3.8, 4) is 0 Å². The Morgan fingerprint density at radius 1 is 1.32 bits per heavy atom. The van der Waals surface area contributed by atoms with E-state index in [1.54, 1.807) is 13.0 Å². The molecule has 1 aromatic heterocycles. The average Bonchev–Trinajstić information content (AvgIpc) is 3.11. The van der Waals surface area contributed by atoms with E-state index in [1.165, 1.54) is 24.6 Å². The summed E-state index contributed by atoms with van der Waals surface area (Å²) < 4.78 is 4.97. The molecule has 3 rings (SSSR count). The number of nitrogens with one attached hydrogen (secondary N) is 1. The summed E-state index contributed by atoms with van der Waals surface area (Å²) in [5, 5.41) is 3.68. The van der Waals surface area contributed by atoms with E-state index in [-0.39, 0.29) is 0 Å². The molecular formula is C19H22ClN3O2. The van der Waals surface area contributed by atoms with Gasteiger partial charge >= 0.3 is 5.97 Å². The highest BCUT2D eigenvalue weighted by Crippen LogP contribution is 2.27. The molecule has 0 unspecified atom stereocenters. The number of halogens is 1. The van der Waals surface area contributed by atoms with E-state index in [0.717, 1.165) is 25.3 Å². The van der Waals surface area contributed by atoms with Gasteiger partial charge in [-0.25, -0.2) is 9.78 Å². The Morgan fingerprint density at radius 3 is 2.80 bits per heavy atom. The molecular weight excluding hydrogens is 338 g/mol. The quantitative estimate of drug-likeness (QED) is 0.781. The Bertz CT molecular complexity index is 745. The van der Waals surface area contributed by atoms with Crippen LogP contribution in [0.4, 0.5) is 11.5 Å². The second-order valence-electron chi connectivity index (χ2n) is 6.04. The second kappa shape index (κ2) is 8.32. The molecule has 0 bridgehead atoms. The number of hydrogen-bond acceptors (Lipinski definition) is 5. The second-order valence-corrected chi connectivity index (χ2v) is 6.45. The highest BCUT2D eigenvalue weighted by molar-refractivity contribution is 6.33. The molecule has 1 aromatic carbocycles. The maximum Gasteiger partial charge on any atom is 0.339 e. The average molecular weight is 360 g/mol. The van der Waals surface area contributed by atoms with E-state index in [2.05, 4.69) is 21.3 Å². The topological polar surface area (TPSA) is 54.5 Å². The van der Waals surface area contributed by atoms with Crippen LogP contribution < -0.4 is 5.32 Å². The van der Waals surface area contributed by atoms with E-state index in [9.17, 15) is 4.79 Å². The van der Waals surface area contributed by atoms with Gasteiger partial charge in [-0.1, -0.05) is 29.8 Å². The molecule has 2 heterocycles. The fraction of sp³-hybridized carbons (Fsp3) is 0.368. The van der Waals surface area contributed by atoms with Gasteiger partial charge in [0.2, 0.25) is 0 Å². The minimum atomic E-state index is -0.419. The van der Waals surface area contributed by atoms with Gasteiger partial charge in [0, 0.05) is 18.4 Å². The number of aromatic nitrogens is 1. The molecule has 5 nitrogen and oxygen atoms in total. The molecule has 1 saturated heterocycles. The molecule has 0 radical (unpaired) electrons. The van der Waals surface area contributed by atoms with Crippen molar-refractivity contribution in [1.82, 2.24) is 9.88 Å². The summed E-state index contributed by atoms with van der Waals surface area (Å²) in [5.41, 5.74) is 2.53. The maximum atomic E-state index is 11.8. The molecule has 0 saturated carbocycles. The molecule has 0 spiro atoms. The molecule has 0 atom stereocenters. The van der Waals surface area contributed by atoms with Gasteiger partial charge in [-0.3, -0.25) is 4.90 Å². The highest BCUT2D eigenvalue weighted by atomic mass is 35.5. The minimum Gasteiger partial charge on any atom is -0.462 e. The molecule has 2 aromatic rings. The number of anilines is 2. The monoisotopic (exact) mass is 359 g/mol. The predicted octanol–water partition coefficient (Wildman–Crippen LogP) is 4.25. The van der Waals surface area contributed by atoms with E-state index < -0.39 is 5.97 Å². The molecule has 0 aliphatic carbocycles. The molecule has 6 heteroatoms. The molecule has 1 aliphatic heterocycles. The van der Waals surface area contributed by atoms with Crippen molar-refractivity contribution >= 4 is 29.1 Å². The first-order valence-electron chi connectivity index (χ1n) is 8.57. The van der Waals surface area contributed by atoms with Gasteiger partial charge in [0.15, 0.2) is 0 Å². The van der Waals surface area contributed by atoms with Crippen molar-refractivity contribution in [3.05, 3.63) is 52.7 Å². The molecule has 1 aliphatic rings. The number of carbonyl (C=O) groups is 1. The lowest BCUT2D eigenvalue weighted by Gasteiger charge is -2.18. The van der Waals surface area contributed by atoms with Crippen LogP contribution in [0.1, 0.15) is 35.7 Å². The van der Waals surface area contributed by atoms with Crippen LogP contribution in [-0.4, -0.2) is 35.5 Å². The molecule has 1 N–H and O–H groups in total. The summed E-state index contributed by atoms with van der Waals surface area (Å²) >= 11 is 6.30. The molecule has 1 fully saturated rings. The fourth-order valence-electron chi connectivity index (χ4n) is 2.95. The van der Waals surface area contributed by atoms with E-state index >= 15 is 0 Å². The highest BCUT2D eigenvalue weighted by Gasteiger charge is 2.15. The summed E-state index contributed by atoms with van der Waals surface area (Å²) in [7, 11) is 0. The van der Waals surface area contributed by atoms with Crippen LogP contribution in [0.3, 0.4) is 0 Å². The summed E-state index contributed by atoms with van der Waals surface area (Å²) in [4.78, 5) is 18.5.